The molecule has 0 aromatic heterocycles. The summed E-state index contributed by atoms with van der Waals surface area (Å²) in [6.45, 7) is 3.28. The van der Waals surface area contributed by atoms with Gasteiger partial charge >= 0.3 is 0 Å². The van der Waals surface area contributed by atoms with Gasteiger partial charge in [-0.3, -0.25) is 14.5 Å². The van der Waals surface area contributed by atoms with Gasteiger partial charge in [0.05, 0.1) is 6.42 Å². The monoisotopic (exact) mass is 232 g/mol. The number of hydrogen-bond acceptors (Lipinski definition) is 3. The first-order valence-electron chi connectivity index (χ1n) is 5.64. The van der Waals surface area contributed by atoms with Crippen molar-refractivity contribution < 1.29 is 9.59 Å². The number of anilines is 1. The summed E-state index contributed by atoms with van der Waals surface area (Å²) in [5.74, 6) is -0.368. The highest BCUT2D eigenvalue weighted by Gasteiger charge is 2.16. The maximum atomic E-state index is 11.4. The van der Waals surface area contributed by atoms with Gasteiger partial charge in [-0.1, -0.05) is 6.07 Å². The van der Waals surface area contributed by atoms with Crippen molar-refractivity contribution in [1.82, 2.24) is 4.90 Å². The lowest BCUT2D eigenvalue weighted by Crippen LogP contribution is -2.14. The normalized spacial score (nSPS) is 14.5. The van der Waals surface area contributed by atoms with Gasteiger partial charge in [0.2, 0.25) is 5.91 Å². The molecule has 1 heterocycles. The first-order valence-corrected chi connectivity index (χ1v) is 5.64. The van der Waals surface area contributed by atoms with Crippen molar-refractivity contribution in [3.05, 3.63) is 29.3 Å². The minimum absolute atomic E-state index is 0.0585. The first kappa shape index (κ1) is 11.8. The number of fused-ring (bicyclic) bond motifs is 1. The van der Waals surface area contributed by atoms with E-state index < -0.39 is 0 Å². The molecule has 1 amide bonds. The highest BCUT2D eigenvalue weighted by molar-refractivity contribution is 6.03. The van der Waals surface area contributed by atoms with Crippen LogP contribution in [-0.2, 0) is 22.7 Å². The molecular weight excluding hydrogens is 216 g/mol. The minimum atomic E-state index is -0.246. The zero-order chi connectivity index (χ0) is 12.4. The zero-order valence-electron chi connectivity index (χ0n) is 10.1. The van der Waals surface area contributed by atoms with E-state index in [4.69, 9.17) is 0 Å². The number of carbonyl (C=O) groups excluding carboxylic acids is 2. The second-order valence-electron chi connectivity index (χ2n) is 4.58. The molecule has 1 N–H and O–H groups in total. The Hall–Kier alpha value is -1.68. The third-order valence-electron chi connectivity index (χ3n) is 2.78. The maximum absolute atomic E-state index is 11.4. The van der Waals surface area contributed by atoms with Crippen molar-refractivity contribution in [3.63, 3.8) is 0 Å². The van der Waals surface area contributed by atoms with Crippen LogP contribution in [0.15, 0.2) is 18.2 Å². The summed E-state index contributed by atoms with van der Waals surface area (Å²) in [7, 11) is 2.06. The summed E-state index contributed by atoms with van der Waals surface area (Å²) in [6, 6.07) is 5.90. The number of nitrogens with one attached hydrogen (secondary N) is 1. The third kappa shape index (κ3) is 2.91. The van der Waals surface area contributed by atoms with Crippen LogP contribution in [0.1, 0.15) is 24.5 Å². The number of hydrogen-bond donors (Lipinski definition) is 1. The van der Waals surface area contributed by atoms with Crippen molar-refractivity contribution in [1.29, 1.82) is 0 Å². The van der Waals surface area contributed by atoms with Crippen LogP contribution in [0.5, 0.6) is 0 Å². The fourth-order valence-electron chi connectivity index (χ4n) is 2.07. The quantitative estimate of drug-likeness (QED) is 0.804. The third-order valence-corrected chi connectivity index (χ3v) is 2.78. The van der Waals surface area contributed by atoms with Crippen molar-refractivity contribution in [2.24, 2.45) is 0 Å². The summed E-state index contributed by atoms with van der Waals surface area (Å²) in [4.78, 5) is 24.5. The second-order valence-corrected chi connectivity index (χ2v) is 4.58. The Morgan fingerprint density at radius 3 is 2.71 bits per heavy atom. The summed E-state index contributed by atoms with van der Waals surface area (Å²) in [5.41, 5.74) is 3.32. The average molecular weight is 232 g/mol. The van der Waals surface area contributed by atoms with E-state index in [2.05, 4.69) is 17.3 Å². The number of nitrogens with zero attached hydrogens (tertiary/aromatic N) is 1. The summed E-state index contributed by atoms with van der Waals surface area (Å²) >= 11 is 0. The molecule has 90 valence electrons. The zero-order valence-corrected chi connectivity index (χ0v) is 10.1. The molecule has 0 atom stereocenters. The lowest BCUT2D eigenvalue weighted by atomic mass is 10.1. The van der Waals surface area contributed by atoms with Gasteiger partial charge in [-0.2, -0.15) is 0 Å². The summed E-state index contributed by atoms with van der Waals surface area (Å²) < 4.78 is 0. The van der Waals surface area contributed by atoms with Gasteiger partial charge < -0.3 is 5.32 Å². The van der Waals surface area contributed by atoms with Crippen LogP contribution in [0.2, 0.25) is 0 Å². The number of Topliss-reactive ketones (excluding diaryl/α,β-unsaturated/α-hetero) is 1. The molecule has 1 aromatic rings. The maximum Gasteiger partial charge on any atom is 0.231 e. The minimum Gasteiger partial charge on any atom is -0.326 e. The Kier molecular flexibility index (Phi) is 3.24. The van der Waals surface area contributed by atoms with Gasteiger partial charge in [-0.15, -0.1) is 0 Å². The van der Waals surface area contributed by atoms with Crippen LogP contribution in [0.4, 0.5) is 5.69 Å². The summed E-state index contributed by atoms with van der Waals surface area (Å²) in [6.07, 6.45) is -0.0585. The topological polar surface area (TPSA) is 49.4 Å². The number of rotatable bonds is 3. The number of benzene rings is 1. The molecule has 17 heavy (non-hydrogen) atoms. The SMILES string of the molecule is CC(=O)CC(=O)Nc1ccc2c(c1)CN(C)C2. The Labute approximate surface area is 101 Å². The fourth-order valence-corrected chi connectivity index (χ4v) is 2.07. The van der Waals surface area contributed by atoms with Crippen LogP contribution >= 0.6 is 0 Å². The molecule has 1 aliphatic heterocycles. The van der Waals surface area contributed by atoms with E-state index in [0.29, 0.717) is 0 Å². The van der Waals surface area contributed by atoms with E-state index in [9.17, 15) is 9.59 Å². The van der Waals surface area contributed by atoms with E-state index in [-0.39, 0.29) is 18.1 Å². The van der Waals surface area contributed by atoms with Crippen LogP contribution in [-0.4, -0.2) is 23.6 Å². The van der Waals surface area contributed by atoms with Gasteiger partial charge in [0, 0.05) is 18.8 Å². The molecular formula is C13H16N2O2. The van der Waals surface area contributed by atoms with Crippen LogP contribution in [0, 0.1) is 0 Å². The first-order chi connectivity index (χ1) is 8.04. The Balaban J connectivity index is 2.06. The fraction of sp³-hybridized carbons (Fsp3) is 0.385. The molecule has 0 unspecified atom stereocenters. The van der Waals surface area contributed by atoms with Gasteiger partial charge in [-0.05, 0) is 37.2 Å². The van der Waals surface area contributed by atoms with Crippen LogP contribution in [0.25, 0.3) is 0 Å². The molecule has 0 radical (unpaired) electrons. The molecule has 4 heteroatoms. The molecule has 4 nitrogen and oxygen atoms in total. The van der Waals surface area contributed by atoms with E-state index in [1.807, 2.05) is 18.2 Å². The van der Waals surface area contributed by atoms with Crippen molar-refractivity contribution >= 4 is 17.4 Å². The molecule has 0 saturated heterocycles. The van der Waals surface area contributed by atoms with E-state index in [1.54, 1.807) is 0 Å². The van der Waals surface area contributed by atoms with Crippen LogP contribution < -0.4 is 5.32 Å². The second kappa shape index (κ2) is 4.67. The standard InChI is InChI=1S/C13H16N2O2/c1-9(16)5-13(17)14-12-4-3-10-7-15(2)8-11(10)6-12/h3-4,6H,5,7-8H2,1-2H3,(H,14,17). The predicted molar refractivity (Wildman–Crippen MR) is 65.5 cm³/mol. The molecule has 0 saturated carbocycles. The lowest BCUT2D eigenvalue weighted by molar-refractivity contribution is -0.124. The lowest BCUT2D eigenvalue weighted by Gasteiger charge is -2.06. The van der Waals surface area contributed by atoms with Crippen LogP contribution in [0.3, 0.4) is 0 Å². The Morgan fingerprint density at radius 1 is 1.29 bits per heavy atom. The van der Waals surface area contributed by atoms with Gasteiger partial charge in [-0.25, -0.2) is 0 Å². The molecule has 1 aliphatic rings. The Morgan fingerprint density at radius 2 is 2.00 bits per heavy atom. The predicted octanol–water partition coefficient (Wildman–Crippen LogP) is 1.55. The number of ketones is 1. The number of amides is 1. The summed E-state index contributed by atoms with van der Waals surface area (Å²) in [5, 5.41) is 2.74. The van der Waals surface area contributed by atoms with E-state index >= 15 is 0 Å². The molecule has 0 fully saturated rings. The van der Waals surface area contributed by atoms with Gasteiger partial charge in [0.25, 0.3) is 0 Å². The van der Waals surface area contributed by atoms with Gasteiger partial charge in [0.1, 0.15) is 5.78 Å². The van der Waals surface area contributed by atoms with Crippen molar-refractivity contribution in [3.8, 4) is 0 Å². The largest absolute Gasteiger partial charge is 0.326 e. The molecule has 0 bridgehead atoms. The highest BCUT2D eigenvalue weighted by Crippen LogP contribution is 2.24. The van der Waals surface area contributed by atoms with E-state index in [0.717, 1.165) is 18.8 Å². The van der Waals surface area contributed by atoms with E-state index in [1.165, 1.54) is 18.1 Å². The smallest absolute Gasteiger partial charge is 0.231 e. The molecule has 0 spiro atoms. The Bertz CT molecular complexity index is 468. The number of carbonyl (C=O) groups is 2. The average Bonchev–Trinajstić information content (AvgIpc) is 2.55. The van der Waals surface area contributed by atoms with Crippen molar-refractivity contribution in [2.45, 2.75) is 26.4 Å². The molecule has 1 aromatic carbocycles. The molecule has 0 aliphatic carbocycles. The van der Waals surface area contributed by atoms with Crippen molar-refractivity contribution in [2.75, 3.05) is 12.4 Å². The molecule has 2 rings (SSSR count). The van der Waals surface area contributed by atoms with Gasteiger partial charge in [0.15, 0.2) is 0 Å². The highest BCUT2D eigenvalue weighted by atomic mass is 16.2.